The molecule has 0 fully saturated rings. The van der Waals surface area contributed by atoms with Gasteiger partial charge in [-0.2, -0.15) is 0 Å². The largest absolute Gasteiger partial charge is 0.348 e. The first-order valence-electron chi connectivity index (χ1n) is 8.95. The molecule has 0 heterocycles. The number of amides is 1. The molecule has 0 saturated carbocycles. The number of anilines is 1. The molecule has 29 heavy (non-hydrogen) atoms. The number of nitrogens with one attached hydrogen (secondary N) is 1. The minimum absolute atomic E-state index is 0.0828. The molecule has 0 saturated heterocycles. The van der Waals surface area contributed by atoms with Gasteiger partial charge >= 0.3 is 0 Å². The molecule has 1 atom stereocenters. The van der Waals surface area contributed by atoms with Crippen molar-refractivity contribution in [1.82, 2.24) is 5.32 Å². The molecule has 9 heteroatoms. The minimum atomic E-state index is -3.80. The third kappa shape index (κ3) is 6.78. The van der Waals surface area contributed by atoms with Crippen molar-refractivity contribution in [1.29, 1.82) is 0 Å². The quantitative estimate of drug-likeness (QED) is 0.523. The molecule has 1 amide bonds. The Morgan fingerprint density at radius 3 is 2.17 bits per heavy atom. The normalized spacial score (nSPS) is 12.7. The van der Waals surface area contributed by atoms with Gasteiger partial charge in [-0.05, 0) is 30.0 Å². The van der Waals surface area contributed by atoms with Crippen molar-refractivity contribution in [2.45, 2.75) is 26.3 Å². The van der Waals surface area contributed by atoms with E-state index in [2.05, 4.69) is 19.2 Å². The summed E-state index contributed by atoms with van der Waals surface area (Å²) < 4.78 is 25.6. The maximum Gasteiger partial charge on any atom is 0.241 e. The number of hydrogen-bond donors (Lipinski definition) is 1. The Labute approximate surface area is 187 Å². The van der Waals surface area contributed by atoms with Crippen LogP contribution in [0.15, 0.2) is 42.5 Å². The van der Waals surface area contributed by atoms with Gasteiger partial charge in [-0.3, -0.25) is 9.10 Å². The maximum atomic E-state index is 12.8. The average Bonchev–Trinajstić information content (AvgIpc) is 2.62. The number of nitrogens with zero attached hydrogens (tertiary/aromatic N) is 1. The Bertz CT molecular complexity index is 966. The Morgan fingerprint density at radius 2 is 1.62 bits per heavy atom. The lowest BCUT2D eigenvalue weighted by Crippen LogP contribution is -2.42. The topological polar surface area (TPSA) is 66.5 Å². The summed E-state index contributed by atoms with van der Waals surface area (Å²) in [5, 5.41) is 3.35. The third-order valence-electron chi connectivity index (χ3n) is 4.19. The fourth-order valence-corrected chi connectivity index (χ4v) is 4.44. The molecule has 5 nitrogen and oxygen atoms in total. The van der Waals surface area contributed by atoms with Crippen LogP contribution in [0.2, 0.25) is 15.1 Å². The fourth-order valence-electron chi connectivity index (χ4n) is 2.89. The first kappa shape index (κ1) is 23.8. The van der Waals surface area contributed by atoms with Crippen molar-refractivity contribution in [2.75, 3.05) is 17.1 Å². The van der Waals surface area contributed by atoms with Crippen LogP contribution in [0.4, 0.5) is 5.69 Å². The Kier molecular flexibility index (Phi) is 8.23. The van der Waals surface area contributed by atoms with Crippen LogP contribution >= 0.6 is 34.8 Å². The summed E-state index contributed by atoms with van der Waals surface area (Å²) in [5.74, 6) is -0.122. The lowest BCUT2D eigenvalue weighted by molar-refractivity contribution is -0.120. The molecule has 0 aliphatic carbocycles. The molecule has 1 N–H and O–H groups in total. The summed E-state index contributed by atoms with van der Waals surface area (Å²) in [7, 11) is -3.80. The van der Waals surface area contributed by atoms with Crippen molar-refractivity contribution >= 4 is 56.4 Å². The molecule has 0 aliphatic rings. The van der Waals surface area contributed by atoms with Gasteiger partial charge in [0.05, 0.1) is 33.1 Å². The van der Waals surface area contributed by atoms with Gasteiger partial charge in [0.2, 0.25) is 15.9 Å². The second-order valence-electron chi connectivity index (χ2n) is 7.15. The van der Waals surface area contributed by atoms with E-state index in [1.807, 2.05) is 30.3 Å². The van der Waals surface area contributed by atoms with E-state index in [1.165, 1.54) is 12.1 Å². The highest BCUT2D eigenvalue weighted by Crippen LogP contribution is 2.35. The van der Waals surface area contributed by atoms with Gasteiger partial charge in [-0.15, -0.1) is 0 Å². The zero-order valence-corrected chi connectivity index (χ0v) is 19.4. The van der Waals surface area contributed by atoms with E-state index >= 15 is 0 Å². The molecule has 2 aromatic carbocycles. The van der Waals surface area contributed by atoms with Crippen LogP contribution in [0.25, 0.3) is 0 Å². The van der Waals surface area contributed by atoms with Gasteiger partial charge < -0.3 is 5.32 Å². The van der Waals surface area contributed by atoms with Gasteiger partial charge in [-0.1, -0.05) is 79.0 Å². The fraction of sp³-hybridized carbons (Fsp3) is 0.350. The highest BCUT2D eigenvalue weighted by Gasteiger charge is 2.25. The van der Waals surface area contributed by atoms with Gasteiger partial charge in [0.15, 0.2) is 0 Å². The van der Waals surface area contributed by atoms with Crippen molar-refractivity contribution in [3.63, 3.8) is 0 Å². The smallest absolute Gasteiger partial charge is 0.241 e. The molecular formula is C20H23Cl3N2O3S. The second-order valence-corrected chi connectivity index (χ2v) is 10.3. The molecule has 0 unspecified atom stereocenters. The molecule has 158 valence electrons. The van der Waals surface area contributed by atoms with Crippen LogP contribution in [-0.4, -0.2) is 27.1 Å². The number of rotatable bonds is 8. The van der Waals surface area contributed by atoms with Crippen molar-refractivity contribution in [2.24, 2.45) is 5.92 Å². The number of carbonyl (C=O) groups is 1. The zero-order chi connectivity index (χ0) is 21.8. The van der Waals surface area contributed by atoms with Crippen LogP contribution in [-0.2, 0) is 14.8 Å². The summed E-state index contributed by atoms with van der Waals surface area (Å²) in [5.41, 5.74) is 1.05. The first-order valence-corrected chi connectivity index (χ1v) is 11.9. The Hall–Kier alpha value is -1.47. The standard InChI is InChI=1S/C20H23Cl3N2O3S/c1-13(2)9-18(14-7-5-4-6-8-14)24-20(26)12-25(29(3,27)28)19-11-16(22)15(21)10-17(19)23/h4-8,10-11,13,18H,9,12H2,1-3H3,(H,24,26)/t18-/m1/s1. The summed E-state index contributed by atoms with van der Waals surface area (Å²) in [6.45, 7) is 3.68. The van der Waals surface area contributed by atoms with E-state index in [1.54, 1.807) is 0 Å². The lowest BCUT2D eigenvalue weighted by Gasteiger charge is -2.26. The summed E-state index contributed by atoms with van der Waals surface area (Å²) >= 11 is 18.1. The molecule has 0 radical (unpaired) electrons. The third-order valence-corrected chi connectivity index (χ3v) is 6.34. The number of benzene rings is 2. The summed E-state index contributed by atoms with van der Waals surface area (Å²) in [6.07, 6.45) is 1.71. The Morgan fingerprint density at radius 1 is 1.03 bits per heavy atom. The lowest BCUT2D eigenvalue weighted by atomic mass is 9.97. The van der Waals surface area contributed by atoms with Crippen molar-refractivity contribution in [3.8, 4) is 0 Å². The molecule has 0 bridgehead atoms. The number of halogens is 3. The molecule has 0 spiro atoms. The SMILES string of the molecule is CC(C)C[C@@H](NC(=O)CN(c1cc(Cl)c(Cl)cc1Cl)S(C)(=O)=O)c1ccccc1. The predicted molar refractivity (Wildman–Crippen MR) is 120 cm³/mol. The summed E-state index contributed by atoms with van der Waals surface area (Å²) in [4.78, 5) is 12.8. The zero-order valence-electron chi connectivity index (χ0n) is 16.3. The first-order chi connectivity index (χ1) is 13.5. The molecule has 0 aromatic heterocycles. The number of sulfonamides is 1. The number of carbonyl (C=O) groups excluding carboxylic acids is 1. The second kappa shape index (κ2) is 10.0. The highest BCUT2D eigenvalue weighted by atomic mass is 35.5. The van der Waals surface area contributed by atoms with E-state index in [0.717, 1.165) is 16.1 Å². The van der Waals surface area contributed by atoms with Crippen molar-refractivity contribution in [3.05, 3.63) is 63.1 Å². The van der Waals surface area contributed by atoms with E-state index < -0.39 is 22.5 Å². The minimum Gasteiger partial charge on any atom is -0.348 e. The van der Waals surface area contributed by atoms with Gasteiger partial charge in [0, 0.05) is 0 Å². The molecule has 2 rings (SSSR count). The highest BCUT2D eigenvalue weighted by molar-refractivity contribution is 7.92. The molecule has 2 aromatic rings. The molecule has 0 aliphatic heterocycles. The summed E-state index contributed by atoms with van der Waals surface area (Å²) in [6, 6.07) is 12.0. The number of hydrogen-bond acceptors (Lipinski definition) is 3. The van der Waals surface area contributed by atoms with Crippen LogP contribution in [0.1, 0.15) is 31.9 Å². The van der Waals surface area contributed by atoms with Gasteiger partial charge in [-0.25, -0.2) is 8.42 Å². The van der Waals surface area contributed by atoms with E-state index in [-0.39, 0.29) is 26.8 Å². The van der Waals surface area contributed by atoms with Gasteiger partial charge in [0.25, 0.3) is 0 Å². The van der Waals surface area contributed by atoms with E-state index in [9.17, 15) is 13.2 Å². The molecular weight excluding hydrogens is 455 g/mol. The average molecular weight is 478 g/mol. The Balaban J connectivity index is 2.29. The van der Waals surface area contributed by atoms with Crippen LogP contribution < -0.4 is 9.62 Å². The monoisotopic (exact) mass is 476 g/mol. The van der Waals surface area contributed by atoms with E-state index in [0.29, 0.717) is 12.3 Å². The van der Waals surface area contributed by atoms with Gasteiger partial charge in [0.1, 0.15) is 6.54 Å². The predicted octanol–water partition coefficient (Wildman–Crippen LogP) is 5.32. The van der Waals surface area contributed by atoms with Crippen LogP contribution in [0, 0.1) is 5.92 Å². The van der Waals surface area contributed by atoms with Crippen molar-refractivity contribution < 1.29 is 13.2 Å². The van der Waals surface area contributed by atoms with E-state index in [4.69, 9.17) is 34.8 Å². The maximum absolute atomic E-state index is 12.8. The van der Waals surface area contributed by atoms with Crippen LogP contribution in [0.5, 0.6) is 0 Å². The van der Waals surface area contributed by atoms with Crippen LogP contribution in [0.3, 0.4) is 0 Å².